The minimum absolute atomic E-state index is 0.173. The van der Waals surface area contributed by atoms with Crippen molar-refractivity contribution in [2.45, 2.75) is 44.4 Å². The SMILES string of the molecule is CCc1cc2c(cc1C1(CN)CCCC1)OCO2. The van der Waals surface area contributed by atoms with Crippen LogP contribution in [0.4, 0.5) is 0 Å². The Morgan fingerprint density at radius 2 is 1.83 bits per heavy atom. The summed E-state index contributed by atoms with van der Waals surface area (Å²) in [5, 5.41) is 0. The zero-order chi connectivity index (χ0) is 12.6. The van der Waals surface area contributed by atoms with E-state index in [1.165, 1.54) is 36.8 Å². The van der Waals surface area contributed by atoms with Crippen LogP contribution in [0.25, 0.3) is 0 Å². The molecule has 1 aromatic rings. The van der Waals surface area contributed by atoms with Gasteiger partial charge in [-0.05, 0) is 42.5 Å². The van der Waals surface area contributed by atoms with Gasteiger partial charge in [0.15, 0.2) is 11.5 Å². The topological polar surface area (TPSA) is 44.5 Å². The lowest BCUT2D eigenvalue weighted by atomic mass is 9.76. The molecular formula is C15H21NO2. The van der Waals surface area contributed by atoms with Crippen LogP contribution in [0, 0.1) is 0 Å². The van der Waals surface area contributed by atoms with Gasteiger partial charge in [0.1, 0.15) is 0 Å². The highest BCUT2D eigenvalue weighted by Crippen LogP contribution is 2.46. The van der Waals surface area contributed by atoms with Crippen molar-refractivity contribution in [2.75, 3.05) is 13.3 Å². The number of aryl methyl sites for hydroxylation is 1. The number of benzene rings is 1. The van der Waals surface area contributed by atoms with Gasteiger partial charge in [0.05, 0.1) is 0 Å². The van der Waals surface area contributed by atoms with Gasteiger partial charge < -0.3 is 15.2 Å². The third kappa shape index (κ3) is 1.69. The Morgan fingerprint density at radius 1 is 1.17 bits per heavy atom. The molecule has 18 heavy (non-hydrogen) atoms. The maximum atomic E-state index is 6.10. The Balaban J connectivity index is 2.09. The summed E-state index contributed by atoms with van der Waals surface area (Å²) in [7, 11) is 0. The number of nitrogens with two attached hydrogens (primary N) is 1. The molecule has 98 valence electrons. The molecule has 0 unspecified atom stereocenters. The molecule has 3 heteroatoms. The van der Waals surface area contributed by atoms with Crippen LogP contribution in [0.3, 0.4) is 0 Å². The first-order valence-electron chi connectivity index (χ1n) is 6.92. The van der Waals surface area contributed by atoms with Crippen LogP contribution in [0.15, 0.2) is 12.1 Å². The number of hydrogen-bond acceptors (Lipinski definition) is 3. The summed E-state index contributed by atoms with van der Waals surface area (Å²) in [6, 6.07) is 4.33. The summed E-state index contributed by atoms with van der Waals surface area (Å²) in [6.45, 7) is 3.28. The molecule has 2 aliphatic rings. The lowest BCUT2D eigenvalue weighted by molar-refractivity contribution is 0.174. The van der Waals surface area contributed by atoms with Crippen molar-refractivity contribution in [3.05, 3.63) is 23.3 Å². The molecule has 1 heterocycles. The Labute approximate surface area is 108 Å². The van der Waals surface area contributed by atoms with E-state index < -0.39 is 0 Å². The summed E-state index contributed by atoms with van der Waals surface area (Å²) >= 11 is 0. The maximum Gasteiger partial charge on any atom is 0.231 e. The van der Waals surface area contributed by atoms with Crippen molar-refractivity contribution in [3.8, 4) is 11.5 Å². The summed E-state index contributed by atoms with van der Waals surface area (Å²) in [5.74, 6) is 1.78. The van der Waals surface area contributed by atoms with Crippen molar-refractivity contribution in [3.63, 3.8) is 0 Å². The van der Waals surface area contributed by atoms with E-state index in [1.807, 2.05) is 0 Å². The van der Waals surface area contributed by atoms with Crippen LogP contribution in [0.2, 0.25) is 0 Å². The Hall–Kier alpha value is -1.22. The second kappa shape index (κ2) is 4.47. The quantitative estimate of drug-likeness (QED) is 0.893. The zero-order valence-electron chi connectivity index (χ0n) is 11.0. The molecule has 0 atom stereocenters. The summed E-state index contributed by atoms with van der Waals surface area (Å²) in [6.07, 6.45) is 6.00. The van der Waals surface area contributed by atoms with E-state index in [-0.39, 0.29) is 5.41 Å². The monoisotopic (exact) mass is 247 g/mol. The second-order valence-corrected chi connectivity index (χ2v) is 5.41. The van der Waals surface area contributed by atoms with Crippen molar-refractivity contribution in [2.24, 2.45) is 5.73 Å². The normalized spacial score (nSPS) is 20.3. The van der Waals surface area contributed by atoms with Gasteiger partial charge in [0, 0.05) is 12.0 Å². The van der Waals surface area contributed by atoms with Gasteiger partial charge in [0.2, 0.25) is 6.79 Å². The minimum atomic E-state index is 0.173. The molecule has 0 amide bonds. The molecule has 1 saturated carbocycles. The van der Waals surface area contributed by atoms with Crippen LogP contribution in [-0.2, 0) is 11.8 Å². The molecule has 0 bridgehead atoms. The van der Waals surface area contributed by atoms with Gasteiger partial charge in [-0.2, -0.15) is 0 Å². The van der Waals surface area contributed by atoms with Crippen molar-refractivity contribution >= 4 is 0 Å². The van der Waals surface area contributed by atoms with Crippen molar-refractivity contribution < 1.29 is 9.47 Å². The van der Waals surface area contributed by atoms with Gasteiger partial charge in [-0.1, -0.05) is 19.8 Å². The van der Waals surface area contributed by atoms with Crippen LogP contribution in [0.5, 0.6) is 11.5 Å². The highest BCUT2D eigenvalue weighted by Gasteiger charge is 2.37. The van der Waals surface area contributed by atoms with Crippen molar-refractivity contribution in [1.82, 2.24) is 0 Å². The highest BCUT2D eigenvalue weighted by atomic mass is 16.7. The number of fused-ring (bicyclic) bond motifs is 1. The van der Waals surface area contributed by atoms with Gasteiger partial charge in [0.25, 0.3) is 0 Å². The van der Waals surface area contributed by atoms with E-state index in [0.29, 0.717) is 6.79 Å². The third-order valence-electron chi connectivity index (χ3n) is 4.50. The third-order valence-corrected chi connectivity index (χ3v) is 4.50. The standard InChI is InChI=1S/C15H21NO2/c1-2-11-7-13-14(18-10-17-13)8-12(11)15(9-16)5-3-4-6-15/h7-8H,2-6,9-10,16H2,1H3. The molecule has 1 aromatic carbocycles. The molecule has 3 rings (SSSR count). The fourth-order valence-electron chi connectivity index (χ4n) is 3.41. The smallest absolute Gasteiger partial charge is 0.231 e. The second-order valence-electron chi connectivity index (χ2n) is 5.41. The zero-order valence-corrected chi connectivity index (χ0v) is 11.0. The molecule has 0 aromatic heterocycles. The highest BCUT2D eigenvalue weighted by molar-refractivity contribution is 5.51. The molecule has 0 saturated heterocycles. The van der Waals surface area contributed by atoms with E-state index in [0.717, 1.165) is 24.5 Å². The number of rotatable bonds is 3. The maximum absolute atomic E-state index is 6.10. The number of hydrogen-bond donors (Lipinski definition) is 1. The van der Waals surface area contributed by atoms with Crippen molar-refractivity contribution in [1.29, 1.82) is 0 Å². The van der Waals surface area contributed by atoms with E-state index in [1.54, 1.807) is 0 Å². The first kappa shape index (κ1) is 11.8. The average molecular weight is 247 g/mol. The fourth-order valence-corrected chi connectivity index (χ4v) is 3.41. The fraction of sp³-hybridized carbons (Fsp3) is 0.600. The van der Waals surface area contributed by atoms with E-state index in [9.17, 15) is 0 Å². The lowest BCUT2D eigenvalue weighted by Crippen LogP contribution is -2.33. The molecular weight excluding hydrogens is 226 g/mol. The predicted molar refractivity (Wildman–Crippen MR) is 71.1 cm³/mol. The van der Waals surface area contributed by atoms with Gasteiger partial charge >= 0.3 is 0 Å². The van der Waals surface area contributed by atoms with Gasteiger partial charge in [-0.25, -0.2) is 0 Å². The summed E-state index contributed by atoms with van der Waals surface area (Å²) in [5.41, 5.74) is 9.04. The van der Waals surface area contributed by atoms with Crippen LogP contribution < -0.4 is 15.2 Å². The van der Waals surface area contributed by atoms with Gasteiger partial charge in [-0.3, -0.25) is 0 Å². The van der Waals surface area contributed by atoms with Crippen LogP contribution >= 0.6 is 0 Å². The molecule has 1 fully saturated rings. The van der Waals surface area contributed by atoms with E-state index >= 15 is 0 Å². The minimum Gasteiger partial charge on any atom is -0.454 e. The predicted octanol–water partition coefficient (Wildman–Crippen LogP) is 2.75. The molecule has 3 nitrogen and oxygen atoms in total. The van der Waals surface area contributed by atoms with Gasteiger partial charge in [-0.15, -0.1) is 0 Å². The molecule has 1 aliphatic carbocycles. The Bertz CT molecular complexity index is 450. The first-order chi connectivity index (χ1) is 8.79. The summed E-state index contributed by atoms with van der Waals surface area (Å²) < 4.78 is 11.0. The Morgan fingerprint density at radius 3 is 2.44 bits per heavy atom. The van der Waals surface area contributed by atoms with E-state index in [4.69, 9.17) is 15.2 Å². The molecule has 2 N–H and O–H groups in total. The van der Waals surface area contributed by atoms with E-state index in [2.05, 4.69) is 19.1 Å². The Kier molecular flexibility index (Phi) is 2.94. The lowest BCUT2D eigenvalue weighted by Gasteiger charge is -2.30. The molecule has 0 spiro atoms. The molecule has 1 aliphatic heterocycles. The summed E-state index contributed by atoms with van der Waals surface area (Å²) in [4.78, 5) is 0. The first-order valence-corrected chi connectivity index (χ1v) is 6.92. The van der Waals surface area contributed by atoms with Crippen LogP contribution in [-0.4, -0.2) is 13.3 Å². The van der Waals surface area contributed by atoms with Crippen LogP contribution in [0.1, 0.15) is 43.7 Å². The largest absolute Gasteiger partial charge is 0.454 e. The number of ether oxygens (including phenoxy) is 2. The molecule has 0 radical (unpaired) electrons. The average Bonchev–Trinajstić information content (AvgIpc) is 3.06.